The molecule has 1 saturated heterocycles. The average Bonchev–Trinajstić information content (AvgIpc) is 3.29. The fourth-order valence-corrected chi connectivity index (χ4v) is 4.57. The lowest BCUT2D eigenvalue weighted by atomic mass is 10.1. The highest BCUT2D eigenvalue weighted by molar-refractivity contribution is 7.17. The molecule has 3 aromatic heterocycles. The van der Waals surface area contributed by atoms with Gasteiger partial charge in [-0.2, -0.15) is 4.98 Å². The van der Waals surface area contributed by atoms with Gasteiger partial charge in [0.15, 0.2) is 5.82 Å². The summed E-state index contributed by atoms with van der Waals surface area (Å²) in [6.45, 7) is 1.11. The molecular formula is C23H17N5O4S. The van der Waals surface area contributed by atoms with Gasteiger partial charge in [-0.3, -0.25) is 9.78 Å². The molecule has 5 rings (SSSR count). The standard InChI is InChI=1S/C23H17N5O4S/c24-13-32-15-5-3-4-14(10-15)18-11-28(8-9-31-18)23(30)16-12-33-20-19(16)26-21(27-22(20)29)17-6-1-2-7-25-17/h1-7,10,12,18H,8-9,11H2,(H,26,27,29)/t18-/m0/s1. The summed E-state index contributed by atoms with van der Waals surface area (Å²) < 4.78 is 11.2. The maximum Gasteiger partial charge on any atom is 0.292 e. The molecule has 0 bridgehead atoms. The highest BCUT2D eigenvalue weighted by Crippen LogP contribution is 2.34. The summed E-state index contributed by atoms with van der Waals surface area (Å²) in [5.74, 6) is 0.283. The summed E-state index contributed by atoms with van der Waals surface area (Å²) in [7, 11) is 0. The number of ether oxygens (including phenoxy) is 2. The summed E-state index contributed by atoms with van der Waals surface area (Å²) in [4.78, 5) is 28.1. The van der Waals surface area contributed by atoms with Crippen molar-refractivity contribution in [1.29, 1.82) is 5.26 Å². The topological polar surface area (TPSA) is 121 Å². The maximum absolute atomic E-state index is 13.4. The molecule has 33 heavy (non-hydrogen) atoms. The normalized spacial score (nSPS) is 15.8. The maximum atomic E-state index is 13.4. The Kier molecular flexibility index (Phi) is 5.56. The zero-order valence-corrected chi connectivity index (χ0v) is 18.0. The summed E-state index contributed by atoms with van der Waals surface area (Å²) in [5.41, 5.74) is 2.11. The van der Waals surface area contributed by atoms with E-state index in [0.29, 0.717) is 46.9 Å². The molecule has 1 atom stereocenters. The van der Waals surface area contributed by atoms with Crippen LogP contribution in [0, 0.1) is 11.5 Å². The third-order valence-electron chi connectivity index (χ3n) is 5.27. The third-order valence-corrected chi connectivity index (χ3v) is 6.23. The van der Waals surface area contributed by atoms with E-state index in [-0.39, 0.29) is 23.7 Å². The fraction of sp³-hybridized carbons (Fsp3) is 0.174. The predicted molar refractivity (Wildman–Crippen MR) is 120 cm³/mol. The predicted octanol–water partition coefficient (Wildman–Crippen LogP) is 3.53. The lowest BCUT2D eigenvalue weighted by Gasteiger charge is -2.33. The molecular weight excluding hydrogens is 442 g/mol. The number of rotatable bonds is 4. The number of nitriles is 1. The second kappa shape index (κ2) is 8.82. The van der Waals surface area contributed by atoms with Crippen LogP contribution in [0.4, 0.5) is 0 Å². The number of benzene rings is 1. The van der Waals surface area contributed by atoms with Crippen LogP contribution in [0.5, 0.6) is 11.6 Å². The Morgan fingerprint density at radius 1 is 1.27 bits per heavy atom. The van der Waals surface area contributed by atoms with Gasteiger partial charge in [-0.1, -0.05) is 18.2 Å². The number of amides is 1. The SMILES string of the molecule is N#COc1cccc([C@@H]2CN(C(=O)c3csc4c(O)nc(-c5ccccn5)nc34)CCO2)c1. The van der Waals surface area contributed by atoms with Crippen LogP contribution in [0.15, 0.2) is 54.0 Å². The number of aromatic nitrogens is 3. The van der Waals surface area contributed by atoms with Crippen molar-refractivity contribution in [1.82, 2.24) is 19.9 Å². The zero-order valence-electron chi connectivity index (χ0n) is 17.2. The number of carbonyl (C=O) groups excluding carboxylic acids is 1. The molecule has 1 amide bonds. The first kappa shape index (κ1) is 20.8. The Labute approximate surface area is 192 Å². The van der Waals surface area contributed by atoms with E-state index in [1.807, 2.05) is 6.07 Å². The minimum atomic E-state index is -0.359. The summed E-state index contributed by atoms with van der Waals surface area (Å²) >= 11 is 1.22. The zero-order chi connectivity index (χ0) is 22.8. The van der Waals surface area contributed by atoms with Crippen LogP contribution >= 0.6 is 11.3 Å². The van der Waals surface area contributed by atoms with Crippen LogP contribution in [0.1, 0.15) is 22.0 Å². The van der Waals surface area contributed by atoms with Crippen molar-refractivity contribution < 1.29 is 19.4 Å². The molecule has 4 heterocycles. The first-order chi connectivity index (χ1) is 16.1. The number of nitrogens with zero attached hydrogens (tertiary/aromatic N) is 5. The molecule has 1 aliphatic rings. The molecule has 10 heteroatoms. The molecule has 0 spiro atoms. The van der Waals surface area contributed by atoms with Gasteiger partial charge in [0.2, 0.25) is 5.88 Å². The van der Waals surface area contributed by atoms with Gasteiger partial charge in [0.1, 0.15) is 27.8 Å². The third kappa shape index (κ3) is 4.07. The molecule has 0 saturated carbocycles. The fourth-order valence-electron chi connectivity index (χ4n) is 3.70. The molecule has 4 aromatic rings. The largest absolute Gasteiger partial charge is 0.492 e. The Morgan fingerprint density at radius 3 is 3.00 bits per heavy atom. The van der Waals surface area contributed by atoms with Gasteiger partial charge in [0.25, 0.3) is 12.2 Å². The van der Waals surface area contributed by atoms with E-state index < -0.39 is 0 Å². The first-order valence-electron chi connectivity index (χ1n) is 10.1. The summed E-state index contributed by atoms with van der Waals surface area (Å²) in [6.07, 6.45) is 2.91. The van der Waals surface area contributed by atoms with Gasteiger partial charge in [-0.15, -0.1) is 16.6 Å². The van der Waals surface area contributed by atoms with E-state index in [4.69, 9.17) is 14.7 Å². The molecule has 0 aliphatic carbocycles. The van der Waals surface area contributed by atoms with Crippen molar-refractivity contribution in [2.75, 3.05) is 19.7 Å². The Hall–Kier alpha value is -4.07. The van der Waals surface area contributed by atoms with Crippen LogP contribution in [0.25, 0.3) is 21.7 Å². The quantitative estimate of drug-likeness (QED) is 0.460. The van der Waals surface area contributed by atoms with E-state index in [1.165, 1.54) is 11.3 Å². The van der Waals surface area contributed by atoms with Crippen LogP contribution in [0.2, 0.25) is 0 Å². The highest BCUT2D eigenvalue weighted by Gasteiger charge is 2.29. The molecule has 1 aromatic carbocycles. The van der Waals surface area contributed by atoms with Crippen molar-refractivity contribution >= 4 is 27.5 Å². The number of thiophene rings is 1. The highest BCUT2D eigenvalue weighted by atomic mass is 32.1. The van der Waals surface area contributed by atoms with Crippen molar-refractivity contribution in [3.63, 3.8) is 0 Å². The first-order valence-corrected chi connectivity index (χ1v) is 11.0. The molecule has 9 nitrogen and oxygen atoms in total. The molecule has 1 fully saturated rings. The van der Waals surface area contributed by atoms with Crippen molar-refractivity contribution in [3.05, 3.63) is 65.2 Å². The lowest BCUT2D eigenvalue weighted by molar-refractivity contribution is -0.0228. The summed E-state index contributed by atoms with van der Waals surface area (Å²) in [5, 5.41) is 20.9. The van der Waals surface area contributed by atoms with E-state index in [0.717, 1.165) is 5.56 Å². The smallest absolute Gasteiger partial charge is 0.292 e. The Morgan fingerprint density at radius 2 is 2.18 bits per heavy atom. The number of hydrogen-bond acceptors (Lipinski definition) is 9. The van der Waals surface area contributed by atoms with Crippen LogP contribution in [-0.2, 0) is 4.74 Å². The van der Waals surface area contributed by atoms with Crippen molar-refractivity contribution in [2.24, 2.45) is 0 Å². The van der Waals surface area contributed by atoms with E-state index in [1.54, 1.807) is 59.1 Å². The van der Waals surface area contributed by atoms with Gasteiger partial charge in [0.05, 0.1) is 18.7 Å². The second-order valence-corrected chi connectivity index (χ2v) is 8.17. The van der Waals surface area contributed by atoms with Crippen LogP contribution in [0.3, 0.4) is 0 Å². The van der Waals surface area contributed by atoms with E-state index in [2.05, 4.69) is 15.0 Å². The van der Waals surface area contributed by atoms with E-state index >= 15 is 0 Å². The summed E-state index contributed by atoms with van der Waals surface area (Å²) in [6, 6.07) is 12.4. The lowest BCUT2D eigenvalue weighted by Crippen LogP contribution is -2.42. The van der Waals surface area contributed by atoms with Gasteiger partial charge in [0, 0.05) is 18.1 Å². The molecule has 0 radical (unpaired) electrons. The average molecular weight is 459 g/mol. The van der Waals surface area contributed by atoms with Gasteiger partial charge in [-0.05, 0) is 29.8 Å². The molecule has 0 unspecified atom stereocenters. The van der Waals surface area contributed by atoms with Crippen molar-refractivity contribution in [2.45, 2.75) is 6.10 Å². The monoisotopic (exact) mass is 459 g/mol. The second-order valence-electron chi connectivity index (χ2n) is 7.29. The molecule has 164 valence electrons. The number of aromatic hydroxyl groups is 1. The number of hydrogen-bond donors (Lipinski definition) is 1. The van der Waals surface area contributed by atoms with Gasteiger partial charge in [-0.25, -0.2) is 4.98 Å². The Balaban J connectivity index is 1.44. The van der Waals surface area contributed by atoms with E-state index in [9.17, 15) is 9.90 Å². The Bertz CT molecular complexity index is 1370. The van der Waals surface area contributed by atoms with Gasteiger partial charge < -0.3 is 19.5 Å². The number of carbonyl (C=O) groups is 1. The number of pyridine rings is 1. The van der Waals surface area contributed by atoms with Crippen molar-refractivity contribution in [3.8, 4) is 29.4 Å². The minimum absolute atomic E-state index is 0.182. The minimum Gasteiger partial charge on any atom is -0.492 e. The van der Waals surface area contributed by atoms with Crippen LogP contribution < -0.4 is 4.74 Å². The number of morpholine rings is 1. The molecule has 1 aliphatic heterocycles. The van der Waals surface area contributed by atoms with Crippen LogP contribution in [-0.4, -0.2) is 50.6 Å². The number of fused-ring (bicyclic) bond motifs is 1. The van der Waals surface area contributed by atoms with Gasteiger partial charge >= 0.3 is 0 Å². The molecule has 1 N–H and O–H groups in total.